The first-order valence-electron chi connectivity index (χ1n) is 8.69. The van der Waals surface area contributed by atoms with E-state index < -0.39 is 23.5 Å². The number of hydrogen-bond acceptors (Lipinski definition) is 7. The molecule has 1 aliphatic heterocycles. The molecule has 0 saturated carbocycles. The molecule has 1 aromatic heterocycles. The maximum Gasteiger partial charge on any atom is 0.306 e. The number of non-ortho nitro benzene ring substituents is 1. The molecule has 0 radical (unpaired) electrons. The molecule has 2 heterocycles. The van der Waals surface area contributed by atoms with Gasteiger partial charge in [-0.3, -0.25) is 24.5 Å². The van der Waals surface area contributed by atoms with E-state index in [-0.39, 0.29) is 23.8 Å². The van der Waals surface area contributed by atoms with E-state index in [0.717, 1.165) is 0 Å². The molecule has 146 valence electrons. The Kier molecular flexibility index (Phi) is 4.61. The number of aliphatic carboxylic acids is 1. The summed E-state index contributed by atoms with van der Waals surface area (Å²) in [4.78, 5) is 26.9. The summed E-state index contributed by atoms with van der Waals surface area (Å²) in [6, 6.07) is 12.4. The van der Waals surface area contributed by atoms with Crippen molar-refractivity contribution in [3.8, 4) is 5.69 Å². The van der Waals surface area contributed by atoms with Crippen molar-refractivity contribution in [3.63, 3.8) is 0 Å². The predicted octanol–water partition coefficient (Wildman–Crippen LogP) is 2.03. The molecule has 29 heavy (non-hydrogen) atoms. The average molecular weight is 393 g/mol. The first-order valence-corrected chi connectivity index (χ1v) is 8.69. The van der Waals surface area contributed by atoms with Crippen molar-refractivity contribution in [2.75, 3.05) is 0 Å². The van der Waals surface area contributed by atoms with Crippen molar-refractivity contribution in [2.45, 2.75) is 19.1 Å². The lowest BCUT2D eigenvalue weighted by atomic mass is 9.99. The lowest BCUT2D eigenvalue weighted by molar-refractivity contribution is -0.384. The van der Waals surface area contributed by atoms with Crippen LogP contribution in [0.5, 0.6) is 0 Å². The van der Waals surface area contributed by atoms with Crippen molar-refractivity contribution >= 4 is 17.4 Å². The third-order valence-corrected chi connectivity index (χ3v) is 4.58. The molecule has 0 fully saturated rings. The van der Waals surface area contributed by atoms with E-state index in [1.165, 1.54) is 22.8 Å². The number of hydrogen-bond donors (Lipinski definition) is 2. The summed E-state index contributed by atoms with van der Waals surface area (Å²) in [5, 5.41) is 38.4. The zero-order chi connectivity index (χ0) is 20.5. The largest absolute Gasteiger partial charge is 0.481 e. The van der Waals surface area contributed by atoms with Crippen LogP contribution >= 0.6 is 0 Å². The van der Waals surface area contributed by atoms with Gasteiger partial charge < -0.3 is 10.2 Å². The molecule has 0 aliphatic carbocycles. The smallest absolute Gasteiger partial charge is 0.306 e. The number of fused-ring (bicyclic) bond motifs is 3. The number of rotatable bonds is 5. The minimum absolute atomic E-state index is 0.135. The van der Waals surface area contributed by atoms with E-state index >= 15 is 0 Å². The van der Waals surface area contributed by atoms with Gasteiger partial charge in [-0.1, -0.05) is 30.3 Å². The van der Waals surface area contributed by atoms with Gasteiger partial charge in [-0.25, -0.2) is 0 Å². The number of aliphatic hydroxyl groups excluding tert-OH is 1. The monoisotopic (exact) mass is 393 g/mol. The zero-order valence-corrected chi connectivity index (χ0v) is 15.0. The van der Waals surface area contributed by atoms with Crippen LogP contribution in [0.25, 0.3) is 5.69 Å². The summed E-state index contributed by atoms with van der Waals surface area (Å²) in [5.74, 6) is -0.643. The van der Waals surface area contributed by atoms with Crippen LogP contribution in [0.2, 0.25) is 0 Å². The van der Waals surface area contributed by atoms with E-state index in [9.17, 15) is 25.1 Å². The van der Waals surface area contributed by atoms with Gasteiger partial charge in [0.2, 0.25) is 0 Å². The van der Waals surface area contributed by atoms with Crippen molar-refractivity contribution in [1.82, 2.24) is 14.8 Å². The summed E-state index contributed by atoms with van der Waals surface area (Å²) in [6.45, 7) is -0.441. The summed E-state index contributed by atoms with van der Waals surface area (Å²) < 4.78 is 1.52. The minimum atomic E-state index is -1.08. The van der Waals surface area contributed by atoms with Gasteiger partial charge in [0.05, 0.1) is 22.7 Å². The number of nitro benzene ring substituents is 1. The first-order chi connectivity index (χ1) is 14.0. The molecule has 4 rings (SSSR count). The SMILES string of the molecule is O=C(O)CC1N=C(c2ccccc2)c2cc([N+](=O)[O-])ccc2-n2c(CO)nnc21. The van der Waals surface area contributed by atoms with Crippen LogP contribution in [0.1, 0.15) is 35.2 Å². The van der Waals surface area contributed by atoms with Gasteiger partial charge in [-0.2, -0.15) is 0 Å². The Morgan fingerprint density at radius 2 is 1.93 bits per heavy atom. The summed E-state index contributed by atoms with van der Waals surface area (Å²) in [5.41, 5.74) is 1.85. The van der Waals surface area contributed by atoms with Gasteiger partial charge in [0, 0.05) is 23.3 Å². The van der Waals surface area contributed by atoms with Crippen molar-refractivity contribution in [3.05, 3.63) is 81.4 Å². The van der Waals surface area contributed by atoms with Gasteiger partial charge in [-0.05, 0) is 6.07 Å². The van der Waals surface area contributed by atoms with Crippen LogP contribution in [0.15, 0.2) is 53.5 Å². The molecule has 0 spiro atoms. The fourth-order valence-electron chi connectivity index (χ4n) is 3.34. The normalized spacial score (nSPS) is 15.1. The fourth-order valence-corrected chi connectivity index (χ4v) is 3.34. The maximum atomic E-state index is 11.5. The van der Waals surface area contributed by atoms with Gasteiger partial charge in [0.1, 0.15) is 12.6 Å². The second kappa shape index (κ2) is 7.24. The highest BCUT2D eigenvalue weighted by Gasteiger charge is 2.31. The number of aromatic nitrogens is 3. The molecule has 1 atom stereocenters. The fraction of sp³-hybridized carbons (Fsp3) is 0.158. The zero-order valence-electron chi connectivity index (χ0n) is 15.0. The van der Waals surface area contributed by atoms with Crippen LogP contribution in [-0.4, -0.2) is 41.6 Å². The van der Waals surface area contributed by atoms with Gasteiger partial charge in [-0.15, -0.1) is 10.2 Å². The molecule has 0 bridgehead atoms. The van der Waals surface area contributed by atoms with E-state index in [4.69, 9.17) is 0 Å². The molecule has 2 aromatic carbocycles. The molecule has 0 amide bonds. The molecule has 3 aromatic rings. The van der Waals surface area contributed by atoms with Gasteiger partial charge in [0.15, 0.2) is 11.6 Å². The Hall–Kier alpha value is -3.92. The van der Waals surface area contributed by atoms with Crippen LogP contribution in [-0.2, 0) is 11.4 Å². The van der Waals surface area contributed by atoms with E-state index in [1.807, 2.05) is 6.07 Å². The Morgan fingerprint density at radius 1 is 1.17 bits per heavy atom. The standard InChI is InChI=1S/C19H15N5O5/c25-10-16-21-22-19-14(9-17(26)27)20-18(11-4-2-1-3-5-11)13-8-12(24(28)29)6-7-15(13)23(16)19/h1-8,14,25H,9-10H2,(H,26,27). The molecule has 1 aliphatic rings. The lowest BCUT2D eigenvalue weighted by Crippen LogP contribution is -2.11. The van der Waals surface area contributed by atoms with E-state index in [2.05, 4.69) is 15.2 Å². The lowest BCUT2D eigenvalue weighted by Gasteiger charge is -2.12. The second-order valence-corrected chi connectivity index (χ2v) is 6.38. The number of carbonyl (C=O) groups is 1. The van der Waals surface area contributed by atoms with Crippen molar-refractivity contribution in [1.29, 1.82) is 0 Å². The number of nitrogens with zero attached hydrogens (tertiary/aromatic N) is 5. The summed E-state index contributed by atoms with van der Waals surface area (Å²) >= 11 is 0. The van der Waals surface area contributed by atoms with E-state index in [1.54, 1.807) is 24.3 Å². The Morgan fingerprint density at radius 3 is 2.59 bits per heavy atom. The molecule has 10 nitrogen and oxygen atoms in total. The highest BCUT2D eigenvalue weighted by Crippen LogP contribution is 2.34. The first kappa shape index (κ1) is 18.4. The highest BCUT2D eigenvalue weighted by atomic mass is 16.6. The van der Waals surface area contributed by atoms with Crippen LogP contribution < -0.4 is 0 Å². The molecule has 2 N–H and O–H groups in total. The minimum Gasteiger partial charge on any atom is -0.481 e. The number of carboxylic acid groups (broad SMARTS) is 1. The molecule has 10 heteroatoms. The number of benzene rings is 2. The third kappa shape index (κ3) is 3.25. The van der Waals surface area contributed by atoms with Crippen molar-refractivity contribution < 1.29 is 19.9 Å². The summed E-state index contributed by atoms with van der Waals surface area (Å²) in [7, 11) is 0. The van der Waals surface area contributed by atoms with Gasteiger partial charge >= 0.3 is 5.97 Å². The predicted molar refractivity (Wildman–Crippen MR) is 101 cm³/mol. The van der Waals surface area contributed by atoms with Crippen LogP contribution in [0.3, 0.4) is 0 Å². The Labute approximate surface area is 163 Å². The third-order valence-electron chi connectivity index (χ3n) is 4.58. The maximum absolute atomic E-state index is 11.5. The Balaban J connectivity index is 2.05. The Bertz CT molecular complexity index is 1140. The molecule has 0 saturated heterocycles. The molecule has 1 unspecified atom stereocenters. The molecular weight excluding hydrogens is 378 g/mol. The number of carboxylic acids is 1. The second-order valence-electron chi connectivity index (χ2n) is 6.38. The van der Waals surface area contributed by atoms with Gasteiger partial charge in [0.25, 0.3) is 5.69 Å². The van der Waals surface area contributed by atoms with Crippen LogP contribution in [0.4, 0.5) is 5.69 Å². The summed E-state index contributed by atoms with van der Waals surface area (Å²) in [6.07, 6.45) is -0.351. The number of nitro groups is 1. The molecular formula is C19H15N5O5. The quantitative estimate of drug-likeness (QED) is 0.498. The number of aliphatic imine (C=N–C) groups is 1. The topological polar surface area (TPSA) is 144 Å². The average Bonchev–Trinajstić information content (AvgIpc) is 3.09. The van der Waals surface area contributed by atoms with Crippen molar-refractivity contribution in [2.24, 2.45) is 4.99 Å². The van der Waals surface area contributed by atoms with E-state index in [0.29, 0.717) is 22.5 Å². The number of aliphatic hydroxyl groups is 1. The van der Waals surface area contributed by atoms with Crippen LogP contribution in [0, 0.1) is 10.1 Å². The highest BCUT2D eigenvalue weighted by molar-refractivity contribution is 6.15.